The van der Waals surface area contributed by atoms with Gasteiger partial charge in [-0.15, -0.1) is 0 Å². The minimum atomic E-state index is -4.54. The van der Waals surface area contributed by atoms with Gasteiger partial charge in [0, 0.05) is 31.3 Å². The molecule has 0 aliphatic carbocycles. The monoisotopic (exact) mass is 435 g/mol. The molecule has 7 nitrogen and oxygen atoms in total. The van der Waals surface area contributed by atoms with E-state index in [1.807, 2.05) is 0 Å². The number of nitrogens with one attached hydrogen (secondary N) is 2. The van der Waals surface area contributed by atoms with Gasteiger partial charge >= 0.3 is 6.18 Å². The first-order valence-electron chi connectivity index (χ1n) is 9.32. The second kappa shape index (κ2) is 8.66. The number of alkyl halides is 3. The summed E-state index contributed by atoms with van der Waals surface area (Å²) in [6.07, 6.45) is -4.68. The van der Waals surface area contributed by atoms with Gasteiger partial charge in [0.25, 0.3) is 0 Å². The molecule has 3 amide bonds. The zero-order valence-electron chi connectivity index (χ0n) is 16.7. The third kappa shape index (κ3) is 5.14. The number of nitrogens with zero attached hydrogens (tertiary/aromatic N) is 1. The van der Waals surface area contributed by atoms with Gasteiger partial charge < -0.3 is 20.3 Å². The van der Waals surface area contributed by atoms with Crippen LogP contribution in [0.25, 0.3) is 0 Å². The van der Waals surface area contributed by atoms with Crippen molar-refractivity contribution in [1.82, 2.24) is 0 Å². The maximum atomic E-state index is 13.0. The molecule has 0 spiro atoms. The van der Waals surface area contributed by atoms with Gasteiger partial charge in [0.15, 0.2) is 0 Å². The number of rotatable bonds is 5. The lowest BCUT2D eigenvalue weighted by atomic mass is 10.1. The highest BCUT2D eigenvalue weighted by atomic mass is 19.4. The van der Waals surface area contributed by atoms with Crippen LogP contribution in [0.3, 0.4) is 0 Å². The average Bonchev–Trinajstić information content (AvgIpc) is 3.09. The molecule has 0 saturated carbocycles. The van der Waals surface area contributed by atoms with Gasteiger partial charge in [0.1, 0.15) is 5.75 Å². The van der Waals surface area contributed by atoms with E-state index in [9.17, 15) is 27.6 Å². The zero-order chi connectivity index (χ0) is 22.8. The Morgan fingerprint density at radius 1 is 1.13 bits per heavy atom. The Morgan fingerprint density at radius 2 is 1.87 bits per heavy atom. The van der Waals surface area contributed by atoms with Crippen molar-refractivity contribution in [2.24, 2.45) is 5.92 Å². The Labute approximate surface area is 176 Å². The average molecular weight is 435 g/mol. The molecule has 31 heavy (non-hydrogen) atoms. The van der Waals surface area contributed by atoms with Gasteiger partial charge in [-0.2, -0.15) is 13.2 Å². The summed E-state index contributed by atoms with van der Waals surface area (Å²) in [6.45, 7) is 1.29. The molecule has 1 atom stereocenters. The van der Waals surface area contributed by atoms with Gasteiger partial charge in [0.2, 0.25) is 17.7 Å². The van der Waals surface area contributed by atoms with Crippen molar-refractivity contribution in [3.8, 4) is 5.75 Å². The van der Waals surface area contributed by atoms with E-state index in [1.165, 1.54) is 37.1 Å². The second-order valence-corrected chi connectivity index (χ2v) is 7.04. The highest BCUT2D eigenvalue weighted by molar-refractivity contribution is 6.04. The van der Waals surface area contributed by atoms with Gasteiger partial charge in [-0.1, -0.05) is 6.07 Å². The number of hydrogen-bond donors (Lipinski definition) is 2. The molecule has 2 aromatic rings. The lowest BCUT2D eigenvalue weighted by Crippen LogP contribution is -2.28. The Kier molecular flexibility index (Phi) is 6.19. The number of ether oxygens (including phenoxy) is 1. The summed E-state index contributed by atoms with van der Waals surface area (Å²) in [5, 5.41) is 5.26. The Hall–Kier alpha value is -3.56. The standard InChI is InChI=1S/C21H20F3N3O4/c1-12(28)25-15-6-7-18(31-2)17(10-15)26-20(30)13-8-19(29)27(11-13)16-5-3-4-14(9-16)21(22,23)24/h3-7,9-10,13H,8,11H2,1-2H3,(H,25,28)(H,26,30). The van der Waals surface area contributed by atoms with Crippen LogP contribution in [-0.2, 0) is 20.6 Å². The van der Waals surface area contributed by atoms with Crippen LogP contribution in [0.15, 0.2) is 42.5 Å². The number of methoxy groups -OCH3 is 1. The van der Waals surface area contributed by atoms with E-state index in [0.717, 1.165) is 12.1 Å². The van der Waals surface area contributed by atoms with Crippen LogP contribution in [0.2, 0.25) is 0 Å². The van der Waals surface area contributed by atoms with Crippen LogP contribution >= 0.6 is 0 Å². The number of halogens is 3. The fourth-order valence-corrected chi connectivity index (χ4v) is 3.30. The molecule has 2 N–H and O–H groups in total. The first kappa shape index (κ1) is 22.1. The van der Waals surface area contributed by atoms with Crippen LogP contribution in [0.4, 0.5) is 30.2 Å². The topological polar surface area (TPSA) is 87.7 Å². The summed E-state index contributed by atoms with van der Waals surface area (Å²) in [6, 6.07) is 9.10. The third-order valence-electron chi connectivity index (χ3n) is 4.76. The van der Waals surface area contributed by atoms with Gasteiger partial charge in [-0.25, -0.2) is 0 Å². The maximum absolute atomic E-state index is 13.0. The van der Waals surface area contributed by atoms with E-state index in [1.54, 1.807) is 12.1 Å². The Balaban J connectivity index is 1.76. The summed E-state index contributed by atoms with van der Waals surface area (Å²) in [5.74, 6) is -1.64. The first-order chi connectivity index (χ1) is 14.6. The molecule has 0 aromatic heterocycles. The van der Waals surface area contributed by atoms with E-state index in [-0.39, 0.29) is 24.6 Å². The van der Waals surface area contributed by atoms with Crippen LogP contribution in [0.5, 0.6) is 5.75 Å². The summed E-state index contributed by atoms with van der Waals surface area (Å²) in [7, 11) is 1.41. The SMILES string of the molecule is COc1ccc(NC(C)=O)cc1NC(=O)C1CC(=O)N(c2cccc(C(F)(F)F)c2)C1. The number of hydrogen-bond acceptors (Lipinski definition) is 4. The minimum Gasteiger partial charge on any atom is -0.495 e. The smallest absolute Gasteiger partial charge is 0.416 e. The highest BCUT2D eigenvalue weighted by Gasteiger charge is 2.37. The largest absolute Gasteiger partial charge is 0.495 e. The van der Waals surface area contributed by atoms with E-state index >= 15 is 0 Å². The van der Waals surface area contributed by atoms with Crippen molar-refractivity contribution < 1.29 is 32.3 Å². The molecule has 1 aliphatic heterocycles. The van der Waals surface area contributed by atoms with Crippen molar-refractivity contribution in [1.29, 1.82) is 0 Å². The van der Waals surface area contributed by atoms with Crippen LogP contribution in [0.1, 0.15) is 18.9 Å². The summed E-state index contributed by atoms with van der Waals surface area (Å²) < 4.78 is 44.1. The normalized spacial score (nSPS) is 16.2. The maximum Gasteiger partial charge on any atom is 0.416 e. The molecule has 164 valence electrons. The van der Waals surface area contributed by atoms with Crippen LogP contribution in [-0.4, -0.2) is 31.4 Å². The van der Waals surface area contributed by atoms with Gasteiger partial charge in [-0.3, -0.25) is 14.4 Å². The molecule has 1 aliphatic rings. The van der Waals surface area contributed by atoms with Crippen molar-refractivity contribution in [2.75, 3.05) is 29.2 Å². The number of amides is 3. The highest BCUT2D eigenvalue weighted by Crippen LogP contribution is 2.34. The lowest BCUT2D eigenvalue weighted by molar-refractivity contribution is -0.137. The summed E-state index contributed by atoms with van der Waals surface area (Å²) in [4.78, 5) is 37.6. The number of anilines is 3. The van der Waals surface area contributed by atoms with Crippen molar-refractivity contribution in [2.45, 2.75) is 19.5 Å². The molecule has 0 bridgehead atoms. The number of benzene rings is 2. The number of carbonyl (C=O) groups is 3. The van der Waals surface area contributed by atoms with Gasteiger partial charge in [0.05, 0.1) is 24.3 Å². The van der Waals surface area contributed by atoms with Crippen molar-refractivity contribution in [3.63, 3.8) is 0 Å². The van der Waals surface area contributed by atoms with E-state index in [2.05, 4.69) is 10.6 Å². The fraction of sp³-hybridized carbons (Fsp3) is 0.286. The molecule has 10 heteroatoms. The number of carbonyl (C=O) groups excluding carboxylic acids is 3. The molecular formula is C21H20F3N3O4. The quantitative estimate of drug-likeness (QED) is 0.750. The zero-order valence-corrected chi connectivity index (χ0v) is 16.7. The lowest BCUT2D eigenvalue weighted by Gasteiger charge is -2.19. The molecule has 1 saturated heterocycles. The molecule has 0 radical (unpaired) electrons. The Morgan fingerprint density at radius 3 is 2.52 bits per heavy atom. The fourth-order valence-electron chi connectivity index (χ4n) is 3.30. The molecule has 2 aromatic carbocycles. The molecule has 3 rings (SSSR count). The first-order valence-corrected chi connectivity index (χ1v) is 9.32. The predicted molar refractivity (Wildman–Crippen MR) is 108 cm³/mol. The molecule has 1 unspecified atom stereocenters. The van der Waals surface area contributed by atoms with Crippen LogP contribution < -0.4 is 20.3 Å². The Bertz CT molecular complexity index is 1020. The van der Waals surface area contributed by atoms with Crippen LogP contribution in [0, 0.1) is 5.92 Å². The predicted octanol–water partition coefficient (Wildman–Crippen LogP) is 3.66. The van der Waals surface area contributed by atoms with Gasteiger partial charge in [-0.05, 0) is 36.4 Å². The van der Waals surface area contributed by atoms with E-state index in [4.69, 9.17) is 4.74 Å². The van der Waals surface area contributed by atoms with E-state index in [0.29, 0.717) is 17.1 Å². The summed E-state index contributed by atoms with van der Waals surface area (Å²) in [5.41, 5.74) is -0.0500. The molecular weight excluding hydrogens is 415 g/mol. The molecule has 1 heterocycles. The second-order valence-electron chi connectivity index (χ2n) is 7.04. The van der Waals surface area contributed by atoms with E-state index < -0.39 is 29.5 Å². The van der Waals surface area contributed by atoms with Crippen molar-refractivity contribution in [3.05, 3.63) is 48.0 Å². The summed E-state index contributed by atoms with van der Waals surface area (Å²) >= 11 is 0. The molecule has 1 fully saturated rings. The third-order valence-corrected chi connectivity index (χ3v) is 4.76. The minimum absolute atomic E-state index is 0.0559. The van der Waals surface area contributed by atoms with Crippen molar-refractivity contribution >= 4 is 34.8 Å².